The van der Waals surface area contributed by atoms with E-state index >= 15 is 0 Å². The second-order valence-electron chi connectivity index (χ2n) is 13.5. The number of hydrogen-bond donors (Lipinski definition) is 0. The van der Waals surface area contributed by atoms with E-state index in [9.17, 15) is 0 Å². The predicted molar refractivity (Wildman–Crippen MR) is 208 cm³/mol. The van der Waals surface area contributed by atoms with Gasteiger partial charge in [0.25, 0.3) is 0 Å². The molecule has 2 atom stereocenters. The Balaban J connectivity index is 1.09. The molecule has 51 heavy (non-hydrogen) atoms. The Morgan fingerprint density at radius 3 is 1.37 bits per heavy atom. The molecule has 1 aliphatic carbocycles. The van der Waals surface area contributed by atoms with Crippen molar-refractivity contribution in [2.45, 2.75) is 12.0 Å². The molecule has 0 bridgehead atoms. The average Bonchev–Trinajstić information content (AvgIpc) is 3.98. The van der Waals surface area contributed by atoms with Crippen LogP contribution in [-0.2, 0) is 0 Å². The Morgan fingerprint density at radius 1 is 0.431 bits per heavy atom. The van der Waals surface area contributed by atoms with Crippen LogP contribution in [0.5, 0.6) is 5.75 Å². The molecule has 2 unspecified atom stereocenters. The Morgan fingerprint density at radius 2 is 0.902 bits per heavy atom. The van der Waals surface area contributed by atoms with E-state index in [0.29, 0.717) is 0 Å². The monoisotopic (exact) mass is 654 g/mol. The average molecular weight is 655 g/mol. The van der Waals surface area contributed by atoms with Crippen molar-refractivity contribution >= 4 is 48.7 Å². The molecule has 2 aliphatic rings. The van der Waals surface area contributed by atoms with E-state index < -0.39 is 0 Å². The summed E-state index contributed by atoms with van der Waals surface area (Å²) in [6.45, 7) is 0. The second kappa shape index (κ2) is 11.0. The van der Waals surface area contributed by atoms with Gasteiger partial charge in [-0.2, -0.15) is 0 Å². The third-order valence-corrected chi connectivity index (χ3v) is 10.8. The first-order valence-electron chi connectivity index (χ1n) is 17.5. The van der Waals surface area contributed by atoms with Gasteiger partial charge in [0, 0.05) is 28.2 Å². The summed E-state index contributed by atoms with van der Waals surface area (Å²) in [5, 5.41) is 9.48. The summed E-state index contributed by atoms with van der Waals surface area (Å²) in [5.74, 6) is 2.76. The molecule has 240 valence electrons. The van der Waals surface area contributed by atoms with Crippen molar-refractivity contribution in [2.75, 3.05) is 0 Å². The number of allylic oxidation sites excluding steroid dienone is 2. The van der Waals surface area contributed by atoms with Crippen LogP contribution in [0, 0.1) is 0 Å². The van der Waals surface area contributed by atoms with Crippen molar-refractivity contribution in [2.24, 2.45) is 0 Å². The van der Waals surface area contributed by atoms with Gasteiger partial charge in [0.05, 0.1) is 12.5 Å². The molecule has 0 fully saturated rings. The van der Waals surface area contributed by atoms with Crippen LogP contribution in [0.3, 0.4) is 0 Å². The topological polar surface area (TPSA) is 35.5 Å². The van der Waals surface area contributed by atoms with E-state index in [1.807, 2.05) is 12.1 Å². The smallest absolute Gasteiger partial charge is 0.135 e. The standard InChI is InChI=1S/C48H30O3/c1-5-16-34-30(12-1)44(31-13-2-6-17-35(31)46(34)42-22-10-26-49-42)29-24-25-41-40(28-29)38-20-9-21-39(48(38)51-41)45-32-14-3-7-18-36(32)47(43-23-11-27-50-43)37-19-8-4-15-33(37)45/h1-28,38,48H. The minimum absolute atomic E-state index is 0.0714. The van der Waals surface area contributed by atoms with Crippen molar-refractivity contribution in [1.29, 1.82) is 0 Å². The van der Waals surface area contributed by atoms with Gasteiger partial charge in [-0.3, -0.25) is 0 Å². The third-order valence-electron chi connectivity index (χ3n) is 10.8. The SMILES string of the molecule is C1=CC2c3cc(-c4c5ccccc5c(-c5ccco5)c5ccccc45)ccc3OC2C(c2c3ccccc3c(-c3ccco3)c3ccccc23)=C1. The van der Waals surface area contributed by atoms with Gasteiger partial charge in [0.1, 0.15) is 23.4 Å². The Labute approximate surface area is 294 Å². The highest BCUT2D eigenvalue weighted by Crippen LogP contribution is 2.52. The van der Waals surface area contributed by atoms with Crippen LogP contribution < -0.4 is 4.74 Å². The number of fused-ring (bicyclic) bond motifs is 7. The summed E-state index contributed by atoms with van der Waals surface area (Å²) >= 11 is 0. The van der Waals surface area contributed by atoms with Crippen molar-refractivity contribution in [3.63, 3.8) is 0 Å². The van der Waals surface area contributed by atoms with E-state index in [0.717, 1.165) is 28.4 Å². The highest BCUT2D eigenvalue weighted by Gasteiger charge is 2.38. The van der Waals surface area contributed by atoms with Crippen LogP contribution in [0.2, 0.25) is 0 Å². The molecular formula is C48H30O3. The van der Waals surface area contributed by atoms with E-state index in [1.54, 1.807) is 12.5 Å². The van der Waals surface area contributed by atoms with E-state index in [-0.39, 0.29) is 12.0 Å². The third kappa shape index (κ3) is 4.12. The van der Waals surface area contributed by atoms with Gasteiger partial charge in [0.15, 0.2) is 0 Å². The van der Waals surface area contributed by atoms with Crippen LogP contribution in [-0.4, -0.2) is 6.10 Å². The maximum Gasteiger partial charge on any atom is 0.135 e. The Hall–Kier alpha value is -6.58. The van der Waals surface area contributed by atoms with Crippen molar-refractivity contribution in [1.82, 2.24) is 0 Å². The fraction of sp³-hybridized carbons (Fsp3) is 0.0417. The molecule has 0 amide bonds. The molecule has 1 aliphatic heterocycles. The maximum absolute atomic E-state index is 6.96. The fourth-order valence-corrected chi connectivity index (χ4v) is 8.76. The van der Waals surface area contributed by atoms with Gasteiger partial charge in [-0.05, 0) is 96.2 Å². The van der Waals surface area contributed by atoms with Gasteiger partial charge in [-0.1, -0.05) is 121 Å². The van der Waals surface area contributed by atoms with Crippen LogP contribution in [0.1, 0.15) is 17.0 Å². The lowest BCUT2D eigenvalue weighted by Crippen LogP contribution is -2.21. The van der Waals surface area contributed by atoms with Crippen LogP contribution >= 0.6 is 0 Å². The Bertz CT molecular complexity index is 2770. The normalized spacial score (nSPS) is 16.4. The largest absolute Gasteiger partial charge is 0.484 e. The molecule has 2 aromatic heterocycles. The highest BCUT2D eigenvalue weighted by molar-refractivity contribution is 6.21. The lowest BCUT2D eigenvalue weighted by molar-refractivity contribution is 0.278. The van der Waals surface area contributed by atoms with Gasteiger partial charge in [-0.15, -0.1) is 0 Å². The molecule has 11 rings (SSSR count). The highest BCUT2D eigenvalue weighted by atomic mass is 16.5. The second-order valence-corrected chi connectivity index (χ2v) is 13.5. The fourth-order valence-electron chi connectivity index (χ4n) is 8.76. The minimum Gasteiger partial charge on any atom is -0.484 e. The molecule has 3 nitrogen and oxygen atoms in total. The molecule has 0 saturated carbocycles. The maximum atomic E-state index is 6.96. The summed E-state index contributed by atoms with van der Waals surface area (Å²) in [7, 11) is 0. The molecule has 0 saturated heterocycles. The number of furan rings is 2. The lowest BCUT2D eigenvalue weighted by Gasteiger charge is -2.26. The van der Waals surface area contributed by atoms with Gasteiger partial charge in [0.2, 0.25) is 0 Å². The molecule has 3 heteroatoms. The van der Waals surface area contributed by atoms with Crippen LogP contribution in [0.4, 0.5) is 0 Å². The summed E-state index contributed by atoms with van der Waals surface area (Å²) in [4.78, 5) is 0. The zero-order chi connectivity index (χ0) is 33.5. The molecule has 9 aromatic rings. The molecule has 0 N–H and O–H groups in total. The number of ether oxygens (including phenoxy) is 1. The summed E-state index contributed by atoms with van der Waals surface area (Å²) in [6.07, 6.45) is 10.1. The lowest BCUT2D eigenvalue weighted by atomic mass is 9.79. The summed E-state index contributed by atoms with van der Waals surface area (Å²) in [6, 6.07) is 49.6. The first-order chi connectivity index (χ1) is 25.3. The summed E-state index contributed by atoms with van der Waals surface area (Å²) < 4.78 is 19.0. The molecule has 0 radical (unpaired) electrons. The molecule has 3 heterocycles. The number of hydrogen-bond acceptors (Lipinski definition) is 3. The number of rotatable bonds is 4. The first-order valence-corrected chi connectivity index (χ1v) is 17.5. The predicted octanol–water partition coefficient (Wildman–Crippen LogP) is 13.0. The van der Waals surface area contributed by atoms with Gasteiger partial charge < -0.3 is 13.6 Å². The van der Waals surface area contributed by atoms with Crippen LogP contribution in [0.15, 0.2) is 179 Å². The Kier molecular flexibility index (Phi) is 6.08. The van der Waals surface area contributed by atoms with Crippen molar-refractivity contribution < 1.29 is 13.6 Å². The van der Waals surface area contributed by atoms with Gasteiger partial charge >= 0.3 is 0 Å². The van der Waals surface area contributed by atoms with Crippen LogP contribution in [0.25, 0.3) is 82.4 Å². The number of benzene rings is 7. The molecular weight excluding hydrogens is 625 g/mol. The zero-order valence-corrected chi connectivity index (χ0v) is 27.5. The first kappa shape index (κ1) is 28.3. The minimum atomic E-state index is -0.156. The quantitative estimate of drug-likeness (QED) is 0.177. The van der Waals surface area contributed by atoms with E-state index in [1.165, 1.54) is 70.9 Å². The van der Waals surface area contributed by atoms with Gasteiger partial charge in [-0.25, -0.2) is 0 Å². The molecule has 0 spiro atoms. The van der Waals surface area contributed by atoms with E-state index in [4.69, 9.17) is 13.6 Å². The van der Waals surface area contributed by atoms with E-state index in [2.05, 4.69) is 146 Å². The summed E-state index contributed by atoms with van der Waals surface area (Å²) in [5.41, 5.74) is 8.27. The zero-order valence-electron chi connectivity index (χ0n) is 27.5. The van der Waals surface area contributed by atoms with Crippen molar-refractivity contribution in [3.8, 4) is 39.5 Å². The van der Waals surface area contributed by atoms with Crippen molar-refractivity contribution in [3.05, 3.63) is 181 Å². The molecule has 7 aromatic carbocycles.